The van der Waals surface area contributed by atoms with E-state index in [9.17, 15) is 9.59 Å². The van der Waals surface area contributed by atoms with Crippen molar-refractivity contribution in [2.24, 2.45) is 0 Å². The van der Waals surface area contributed by atoms with Gasteiger partial charge < -0.3 is 9.47 Å². The Labute approximate surface area is 184 Å². The van der Waals surface area contributed by atoms with E-state index in [2.05, 4.69) is 22.9 Å². The number of esters is 1. The molecule has 3 rings (SSSR count). The molecule has 0 saturated heterocycles. The largest absolute Gasteiger partial charge is 0.496 e. The molecule has 0 aliphatic rings. The second kappa shape index (κ2) is 9.98. The fourth-order valence-corrected chi connectivity index (χ4v) is 4.26. The highest BCUT2D eigenvalue weighted by Crippen LogP contribution is 2.27. The summed E-state index contributed by atoms with van der Waals surface area (Å²) in [4.78, 5) is 25.8. The number of para-hydroxylation sites is 2. The standard InChI is InChI=1S/C23H27BrN2O4/c1-4-8-18(14-22(27)30-5-2)26-20-10-7-6-9-19(20)25(23(26)28)15-16-13-17(24)11-12-21(16)29-3/h6-7,9-13,18H,4-5,8,14-15H2,1-3H3. The molecule has 1 aromatic heterocycles. The number of rotatable bonds is 9. The number of halogens is 1. The van der Waals surface area contributed by atoms with Crippen LogP contribution in [0.5, 0.6) is 5.75 Å². The van der Waals surface area contributed by atoms with Crippen LogP contribution in [-0.2, 0) is 16.1 Å². The Morgan fingerprint density at radius 3 is 2.53 bits per heavy atom. The Morgan fingerprint density at radius 1 is 1.13 bits per heavy atom. The Hall–Kier alpha value is -2.54. The topological polar surface area (TPSA) is 62.5 Å². The summed E-state index contributed by atoms with van der Waals surface area (Å²) < 4.78 is 15.1. The van der Waals surface area contributed by atoms with Crippen LogP contribution in [-0.4, -0.2) is 28.8 Å². The van der Waals surface area contributed by atoms with E-state index >= 15 is 0 Å². The van der Waals surface area contributed by atoms with Crippen molar-refractivity contribution in [1.29, 1.82) is 0 Å². The van der Waals surface area contributed by atoms with Crippen molar-refractivity contribution >= 4 is 32.9 Å². The summed E-state index contributed by atoms with van der Waals surface area (Å²) in [7, 11) is 1.62. The Balaban J connectivity index is 2.12. The van der Waals surface area contributed by atoms with Gasteiger partial charge in [-0.05, 0) is 43.7 Å². The van der Waals surface area contributed by atoms with E-state index in [1.165, 1.54) is 0 Å². The predicted molar refractivity (Wildman–Crippen MR) is 121 cm³/mol. The zero-order valence-corrected chi connectivity index (χ0v) is 19.1. The molecule has 0 saturated carbocycles. The summed E-state index contributed by atoms with van der Waals surface area (Å²) in [5.41, 5.74) is 2.41. The van der Waals surface area contributed by atoms with Crippen molar-refractivity contribution in [2.75, 3.05) is 13.7 Å². The number of fused-ring (bicyclic) bond motifs is 1. The smallest absolute Gasteiger partial charge is 0.329 e. The molecule has 1 unspecified atom stereocenters. The van der Waals surface area contributed by atoms with Gasteiger partial charge in [0.25, 0.3) is 0 Å². The van der Waals surface area contributed by atoms with Gasteiger partial charge in [-0.3, -0.25) is 13.9 Å². The molecule has 0 aliphatic carbocycles. The highest BCUT2D eigenvalue weighted by Gasteiger charge is 2.23. The van der Waals surface area contributed by atoms with Gasteiger partial charge in [0.1, 0.15) is 5.75 Å². The number of carbonyl (C=O) groups is 1. The molecule has 0 bridgehead atoms. The van der Waals surface area contributed by atoms with Crippen LogP contribution in [0.4, 0.5) is 0 Å². The Bertz CT molecular complexity index is 1090. The average Bonchev–Trinajstić information content (AvgIpc) is 3.00. The highest BCUT2D eigenvalue weighted by atomic mass is 79.9. The fraction of sp³-hybridized carbons (Fsp3) is 0.391. The monoisotopic (exact) mass is 474 g/mol. The third-order valence-electron chi connectivity index (χ3n) is 5.13. The SMILES string of the molecule is CCCC(CC(=O)OCC)n1c(=O)n(Cc2cc(Br)ccc2OC)c2ccccc21. The summed E-state index contributed by atoms with van der Waals surface area (Å²) in [6.07, 6.45) is 1.75. The summed E-state index contributed by atoms with van der Waals surface area (Å²) >= 11 is 3.50. The third kappa shape index (κ3) is 4.61. The maximum Gasteiger partial charge on any atom is 0.329 e. The van der Waals surface area contributed by atoms with Crippen LogP contribution in [0.25, 0.3) is 11.0 Å². The van der Waals surface area contributed by atoms with Crippen LogP contribution in [0.2, 0.25) is 0 Å². The van der Waals surface area contributed by atoms with Gasteiger partial charge in [0.2, 0.25) is 0 Å². The molecular weight excluding hydrogens is 448 g/mol. The van der Waals surface area contributed by atoms with Crippen molar-refractivity contribution < 1.29 is 14.3 Å². The molecule has 6 nitrogen and oxygen atoms in total. The van der Waals surface area contributed by atoms with E-state index in [0.29, 0.717) is 19.6 Å². The normalized spacial score (nSPS) is 12.1. The lowest BCUT2D eigenvalue weighted by Gasteiger charge is -2.17. The molecular formula is C23H27BrN2O4. The maximum absolute atomic E-state index is 13.6. The minimum Gasteiger partial charge on any atom is -0.496 e. The van der Waals surface area contributed by atoms with Crippen molar-refractivity contribution in [3.05, 3.63) is 63.0 Å². The number of imidazole rings is 1. The molecule has 30 heavy (non-hydrogen) atoms. The third-order valence-corrected chi connectivity index (χ3v) is 5.63. The van der Waals surface area contributed by atoms with Gasteiger partial charge in [-0.2, -0.15) is 0 Å². The van der Waals surface area contributed by atoms with E-state index in [1.54, 1.807) is 23.2 Å². The molecule has 0 aliphatic heterocycles. The van der Waals surface area contributed by atoms with Crippen LogP contribution in [0.1, 0.15) is 44.7 Å². The van der Waals surface area contributed by atoms with Gasteiger partial charge in [0.05, 0.1) is 37.7 Å². The number of nitrogens with zero attached hydrogens (tertiary/aromatic N) is 2. The molecule has 0 fully saturated rings. The van der Waals surface area contributed by atoms with E-state index < -0.39 is 0 Å². The molecule has 1 atom stereocenters. The first kappa shape index (κ1) is 22.2. The first-order chi connectivity index (χ1) is 14.5. The van der Waals surface area contributed by atoms with Gasteiger partial charge >= 0.3 is 11.7 Å². The van der Waals surface area contributed by atoms with Gasteiger partial charge in [0, 0.05) is 16.1 Å². The number of methoxy groups -OCH3 is 1. The maximum atomic E-state index is 13.6. The lowest BCUT2D eigenvalue weighted by molar-refractivity contribution is -0.144. The quantitative estimate of drug-likeness (QED) is 0.413. The number of ether oxygens (including phenoxy) is 2. The van der Waals surface area contributed by atoms with E-state index in [0.717, 1.165) is 33.2 Å². The Morgan fingerprint density at radius 2 is 1.87 bits per heavy atom. The molecule has 0 radical (unpaired) electrons. The van der Waals surface area contributed by atoms with E-state index in [1.807, 2.05) is 42.5 Å². The summed E-state index contributed by atoms with van der Waals surface area (Å²) in [6.45, 7) is 4.54. The molecule has 3 aromatic rings. The molecule has 0 amide bonds. The van der Waals surface area contributed by atoms with Crippen LogP contribution < -0.4 is 10.4 Å². The molecule has 1 heterocycles. The first-order valence-electron chi connectivity index (χ1n) is 10.2. The van der Waals surface area contributed by atoms with Gasteiger partial charge in [-0.15, -0.1) is 0 Å². The number of aromatic nitrogens is 2. The number of carbonyl (C=O) groups excluding carboxylic acids is 1. The Kier molecular flexibility index (Phi) is 7.37. The first-order valence-corrected chi connectivity index (χ1v) is 11.0. The lowest BCUT2D eigenvalue weighted by Crippen LogP contribution is -2.29. The highest BCUT2D eigenvalue weighted by molar-refractivity contribution is 9.10. The fourth-order valence-electron chi connectivity index (χ4n) is 3.85. The van der Waals surface area contributed by atoms with Crippen molar-refractivity contribution in [3.63, 3.8) is 0 Å². The molecule has 7 heteroatoms. The molecule has 160 valence electrons. The average molecular weight is 475 g/mol. The van der Waals surface area contributed by atoms with E-state index in [4.69, 9.17) is 9.47 Å². The summed E-state index contributed by atoms with van der Waals surface area (Å²) in [6, 6.07) is 13.2. The van der Waals surface area contributed by atoms with Gasteiger partial charge in [0.15, 0.2) is 0 Å². The van der Waals surface area contributed by atoms with E-state index in [-0.39, 0.29) is 24.1 Å². The van der Waals surface area contributed by atoms with Crippen molar-refractivity contribution in [3.8, 4) is 5.75 Å². The van der Waals surface area contributed by atoms with Crippen LogP contribution in [0.3, 0.4) is 0 Å². The van der Waals surface area contributed by atoms with Gasteiger partial charge in [-0.25, -0.2) is 4.79 Å². The number of benzene rings is 2. The van der Waals surface area contributed by atoms with Crippen LogP contribution >= 0.6 is 15.9 Å². The molecule has 2 aromatic carbocycles. The number of hydrogen-bond donors (Lipinski definition) is 0. The van der Waals surface area contributed by atoms with Crippen molar-refractivity contribution in [2.45, 2.75) is 45.7 Å². The predicted octanol–water partition coefficient (Wildman–Crippen LogP) is 4.92. The zero-order chi connectivity index (χ0) is 21.7. The van der Waals surface area contributed by atoms with Gasteiger partial charge in [-0.1, -0.05) is 41.4 Å². The van der Waals surface area contributed by atoms with Crippen LogP contribution in [0, 0.1) is 0 Å². The van der Waals surface area contributed by atoms with Crippen LogP contribution in [0.15, 0.2) is 51.7 Å². The molecule has 0 N–H and O–H groups in total. The lowest BCUT2D eigenvalue weighted by atomic mass is 10.1. The second-order valence-corrected chi connectivity index (χ2v) is 8.05. The second-order valence-electron chi connectivity index (χ2n) is 7.14. The minimum absolute atomic E-state index is 0.138. The zero-order valence-electron chi connectivity index (χ0n) is 17.6. The molecule has 0 spiro atoms. The number of hydrogen-bond acceptors (Lipinski definition) is 4. The minimum atomic E-state index is -0.284. The van der Waals surface area contributed by atoms with Crippen molar-refractivity contribution in [1.82, 2.24) is 9.13 Å². The summed E-state index contributed by atoms with van der Waals surface area (Å²) in [5, 5.41) is 0. The summed E-state index contributed by atoms with van der Waals surface area (Å²) in [5.74, 6) is 0.437.